The summed E-state index contributed by atoms with van der Waals surface area (Å²) < 4.78 is 5.82. The van der Waals surface area contributed by atoms with Gasteiger partial charge in [0.1, 0.15) is 5.52 Å². The lowest BCUT2D eigenvalue weighted by atomic mass is 10.1. The number of anilines is 1. The Kier molecular flexibility index (Phi) is 2.17. The first-order valence-corrected chi connectivity index (χ1v) is 6.94. The third kappa shape index (κ3) is 1.53. The number of aromatic nitrogens is 1. The number of benzene rings is 1. The Bertz CT molecular complexity index is 667. The Balaban J connectivity index is 1.72. The van der Waals surface area contributed by atoms with Crippen molar-refractivity contribution in [1.29, 1.82) is 0 Å². The molecule has 3 aromatic rings. The van der Waals surface area contributed by atoms with Crippen LogP contribution in [0.1, 0.15) is 10.4 Å². The maximum absolute atomic E-state index is 5.82. The highest BCUT2D eigenvalue weighted by Gasteiger charge is 2.21. The van der Waals surface area contributed by atoms with Crippen molar-refractivity contribution in [2.45, 2.75) is 13.0 Å². The van der Waals surface area contributed by atoms with E-state index in [1.54, 1.807) is 0 Å². The number of rotatable bonds is 1. The van der Waals surface area contributed by atoms with Gasteiger partial charge >= 0.3 is 0 Å². The number of fused-ring (bicyclic) bond motifs is 2. The molecule has 0 bridgehead atoms. The lowest BCUT2D eigenvalue weighted by Crippen LogP contribution is -2.29. The predicted molar refractivity (Wildman–Crippen MR) is 73.1 cm³/mol. The van der Waals surface area contributed by atoms with E-state index < -0.39 is 0 Å². The summed E-state index contributed by atoms with van der Waals surface area (Å²) in [6.07, 6.45) is 1.09. The fourth-order valence-electron chi connectivity index (χ4n) is 2.41. The summed E-state index contributed by atoms with van der Waals surface area (Å²) in [4.78, 5) is 8.28. The summed E-state index contributed by atoms with van der Waals surface area (Å²) in [5.41, 5.74) is 3.21. The van der Waals surface area contributed by atoms with Crippen LogP contribution < -0.4 is 4.90 Å². The molecule has 90 valence electrons. The molecule has 3 nitrogen and oxygen atoms in total. The molecule has 18 heavy (non-hydrogen) atoms. The highest BCUT2D eigenvalue weighted by atomic mass is 32.1. The zero-order valence-corrected chi connectivity index (χ0v) is 10.6. The first-order chi connectivity index (χ1) is 8.90. The molecule has 0 fully saturated rings. The molecule has 4 rings (SSSR count). The number of hydrogen-bond donors (Lipinski definition) is 0. The van der Waals surface area contributed by atoms with E-state index in [4.69, 9.17) is 4.42 Å². The number of para-hydroxylation sites is 2. The zero-order valence-electron chi connectivity index (χ0n) is 9.80. The number of thiophene rings is 1. The summed E-state index contributed by atoms with van der Waals surface area (Å²) in [6.45, 7) is 1.89. The maximum Gasteiger partial charge on any atom is 0.298 e. The molecular formula is C14H12N2OS. The minimum atomic E-state index is 0.744. The normalized spacial score (nSPS) is 15.0. The molecule has 0 amide bonds. The molecule has 0 N–H and O–H groups in total. The Morgan fingerprint density at radius 1 is 1.22 bits per heavy atom. The van der Waals surface area contributed by atoms with Gasteiger partial charge in [-0.05, 0) is 35.6 Å². The summed E-state index contributed by atoms with van der Waals surface area (Å²) in [5.74, 6) is 0. The fraction of sp³-hybridized carbons (Fsp3) is 0.214. The molecule has 0 saturated carbocycles. The van der Waals surface area contributed by atoms with Crippen molar-refractivity contribution < 1.29 is 4.42 Å². The van der Waals surface area contributed by atoms with Crippen LogP contribution >= 0.6 is 11.3 Å². The van der Waals surface area contributed by atoms with Crippen LogP contribution in [0.5, 0.6) is 0 Å². The molecule has 0 saturated heterocycles. The van der Waals surface area contributed by atoms with Crippen LogP contribution in [-0.2, 0) is 13.0 Å². The van der Waals surface area contributed by atoms with Gasteiger partial charge < -0.3 is 9.32 Å². The molecule has 0 atom stereocenters. The van der Waals surface area contributed by atoms with E-state index in [9.17, 15) is 0 Å². The number of oxazole rings is 1. The average Bonchev–Trinajstić information content (AvgIpc) is 3.04. The summed E-state index contributed by atoms with van der Waals surface area (Å²) in [7, 11) is 0. The third-order valence-corrected chi connectivity index (χ3v) is 4.38. The number of hydrogen-bond acceptors (Lipinski definition) is 4. The second-order valence-corrected chi connectivity index (χ2v) is 5.51. The van der Waals surface area contributed by atoms with E-state index in [2.05, 4.69) is 21.3 Å². The van der Waals surface area contributed by atoms with Gasteiger partial charge in [-0.15, -0.1) is 11.3 Å². The van der Waals surface area contributed by atoms with Crippen molar-refractivity contribution >= 4 is 28.5 Å². The van der Waals surface area contributed by atoms with Crippen LogP contribution in [0.15, 0.2) is 40.1 Å². The van der Waals surface area contributed by atoms with Crippen molar-refractivity contribution in [2.75, 3.05) is 11.4 Å². The summed E-state index contributed by atoms with van der Waals surface area (Å²) >= 11 is 1.85. The molecule has 1 aliphatic rings. The van der Waals surface area contributed by atoms with Gasteiger partial charge in [-0.25, -0.2) is 0 Å². The minimum Gasteiger partial charge on any atom is -0.423 e. The van der Waals surface area contributed by atoms with E-state index in [1.165, 1.54) is 10.4 Å². The first kappa shape index (κ1) is 10.1. The van der Waals surface area contributed by atoms with Crippen molar-refractivity contribution in [3.63, 3.8) is 0 Å². The van der Waals surface area contributed by atoms with Gasteiger partial charge in [0, 0.05) is 18.0 Å². The van der Waals surface area contributed by atoms with E-state index >= 15 is 0 Å². The van der Waals surface area contributed by atoms with E-state index in [0.717, 1.165) is 36.6 Å². The van der Waals surface area contributed by atoms with Crippen molar-refractivity contribution in [1.82, 2.24) is 4.98 Å². The average molecular weight is 256 g/mol. The monoisotopic (exact) mass is 256 g/mol. The molecule has 2 aromatic heterocycles. The smallest absolute Gasteiger partial charge is 0.298 e. The van der Waals surface area contributed by atoms with E-state index in [-0.39, 0.29) is 0 Å². The van der Waals surface area contributed by atoms with Crippen LogP contribution in [0.4, 0.5) is 6.01 Å². The van der Waals surface area contributed by atoms with Gasteiger partial charge in [-0.1, -0.05) is 12.1 Å². The first-order valence-electron chi connectivity index (χ1n) is 6.06. The Morgan fingerprint density at radius 3 is 3.11 bits per heavy atom. The SMILES string of the molecule is c1ccc2oc(N3CCc4sccc4C3)nc2c1. The van der Waals surface area contributed by atoms with Gasteiger partial charge in [0.05, 0.1) is 0 Å². The van der Waals surface area contributed by atoms with E-state index in [1.807, 2.05) is 35.6 Å². The molecule has 1 aromatic carbocycles. The maximum atomic E-state index is 5.82. The Hall–Kier alpha value is -1.81. The van der Waals surface area contributed by atoms with Gasteiger partial charge in [-0.3, -0.25) is 0 Å². The van der Waals surface area contributed by atoms with Crippen molar-refractivity contribution in [2.24, 2.45) is 0 Å². The van der Waals surface area contributed by atoms with Gasteiger partial charge in [0.25, 0.3) is 6.01 Å². The molecular weight excluding hydrogens is 244 g/mol. The van der Waals surface area contributed by atoms with E-state index in [0.29, 0.717) is 0 Å². The fourth-order valence-corrected chi connectivity index (χ4v) is 3.30. The number of nitrogens with zero attached hydrogens (tertiary/aromatic N) is 2. The molecule has 0 radical (unpaired) electrons. The molecule has 0 aliphatic carbocycles. The van der Waals surface area contributed by atoms with Crippen LogP contribution in [0, 0.1) is 0 Å². The topological polar surface area (TPSA) is 29.3 Å². The van der Waals surface area contributed by atoms with Gasteiger partial charge in [-0.2, -0.15) is 4.98 Å². The summed E-state index contributed by atoms with van der Waals surface area (Å²) in [5, 5.41) is 2.17. The Labute approximate surface area is 109 Å². The second kappa shape index (κ2) is 3.85. The largest absolute Gasteiger partial charge is 0.423 e. The van der Waals surface area contributed by atoms with Crippen LogP contribution in [-0.4, -0.2) is 11.5 Å². The molecule has 4 heteroatoms. The quantitative estimate of drug-likeness (QED) is 0.667. The molecule has 0 spiro atoms. The molecule has 1 aliphatic heterocycles. The highest BCUT2D eigenvalue weighted by Crippen LogP contribution is 2.29. The third-order valence-electron chi connectivity index (χ3n) is 3.36. The van der Waals surface area contributed by atoms with Crippen LogP contribution in [0.25, 0.3) is 11.1 Å². The zero-order chi connectivity index (χ0) is 11.9. The second-order valence-electron chi connectivity index (χ2n) is 4.50. The Morgan fingerprint density at radius 2 is 2.17 bits per heavy atom. The highest BCUT2D eigenvalue weighted by molar-refractivity contribution is 7.10. The minimum absolute atomic E-state index is 0.744. The van der Waals surface area contributed by atoms with Crippen LogP contribution in [0.3, 0.4) is 0 Å². The van der Waals surface area contributed by atoms with Crippen molar-refractivity contribution in [3.05, 3.63) is 46.2 Å². The predicted octanol–water partition coefficient (Wildman–Crippen LogP) is 3.45. The standard InChI is InChI=1S/C14H12N2OS/c1-2-4-12-11(3-1)15-14(17-12)16-7-5-13-10(9-16)6-8-18-13/h1-4,6,8H,5,7,9H2. The summed E-state index contributed by atoms with van der Waals surface area (Å²) in [6, 6.07) is 10.9. The lowest BCUT2D eigenvalue weighted by Gasteiger charge is -2.25. The lowest BCUT2D eigenvalue weighted by molar-refractivity contribution is 0.556. The van der Waals surface area contributed by atoms with Gasteiger partial charge in [0.15, 0.2) is 5.58 Å². The van der Waals surface area contributed by atoms with Crippen LogP contribution in [0.2, 0.25) is 0 Å². The van der Waals surface area contributed by atoms with Crippen molar-refractivity contribution in [3.8, 4) is 0 Å². The molecule has 3 heterocycles. The molecule has 0 unspecified atom stereocenters. The van der Waals surface area contributed by atoms with Gasteiger partial charge in [0.2, 0.25) is 0 Å².